The maximum absolute atomic E-state index is 5.63. The Hall–Kier alpha value is -1.59. The molecule has 0 saturated carbocycles. The zero-order chi connectivity index (χ0) is 14.9. The van der Waals surface area contributed by atoms with Gasteiger partial charge in [0.1, 0.15) is 5.75 Å². The van der Waals surface area contributed by atoms with Gasteiger partial charge in [0.15, 0.2) is 0 Å². The fraction of sp³-hybridized carbons (Fsp3) is 0.312. The topological polar surface area (TPSA) is 40.6 Å². The van der Waals surface area contributed by atoms with Crippen molar-refractivity contribution in [3.8, 4) is 11.6 Å². The zero-order valence-corrected chi connectivity index (χ0v) is 13.5. The maximum Gasteiger partial charge on any atom is 0.213 e. The molecule has 0 aliphatic rings. The molecule has 0 fully saturated rings. The third kappa shape index (κ3) is 5.36. The quantitative estimate of drug-likeness (QED) is 0.677. The average molecular weight is 352 g/mol. The summed E-state index contributed by atoms with van der Waals surface area (Å²) in [5.41, 5.74) is 1.05. The van der Waals surface area contributed by atoms with Crippen molar-refractivity contribution in [2.75, 3.05) is 20.3 Å². The van der Waals surface area contributed by atoms with Crippen LogP contribution in [0.4, 0.5) is 0 Å². The predicted octanol–water partition coefficient (Wildman–Crippen LogP) is 3.84. The molecule has 0 radical (unpaired) electrons. The molecule has 1 heterocycles. The molecule has 5 heteroatoms. The molecule has 2 rings (SSSR count). The van der Waals surface area contributed by atoms with Gasteiger partial charge >= 0.3 is 0 Å². The Morgan fingerprint density at radius 3 is 2.71 bits per heavy atom. The van der Waals surface area contributed by atoms with Crippen LogP contribution in [-0.2, 0) is 11.3 Å². The molecule has 0 N–H and O–H groups in total. The summed E-state index contributed by atoms with van der Waals surface area (Å²) in [5, 5.41) is 0. The molecule has 112 valence electrons. The molecule has 4 nitrogen and oxygen atoms in total. The highest BCUT2D eigenvalue weighted by molar-refractivity contribution is 9.10. The van der Waals surface area contributed by atoms with Gasteiger partial charge in [0.25, 0.3) is 0 Å². The van der Waals surface area contributed by atoms with Crippen LogP contribution in [0.25, 0.3) is 0 Å². The molecule has 0 aliphatic carbocycles. The molecule has 2 aromatic rings. The van der Waals surface area contributed by atoms with E-state index in [2.05, 4.69) is 20.9 Å². The normalized spacial score (nSPS) is 10.4. The van der Waals surface area contributed by atoms with E-state index in [1.54, 1.807) is 13.3 Å². The van der Waals surface area contributed by atoms with E-state index in [-0.39, 0.29) is 0 Å². The summed E-state index contributed by atoms with van der Waals surface area (Å²) in [6.45, 7) is 1.76. The molecular weight excluding hydrogens is 334 g/mol. The molecule has 1 aromatic carbocycles. The van der Waals surface area contributed by atoms with Crippen LogP contribution in [0.2, 0.25) is 0 Å². The average Bonchev–Trinajstić information content (AvgIpc) is 2.53. The fourth-order valence-corrected chi connectivity index (χ4v) is 2.02. The molecule has 0 saturated heterocycles. The number of ether oxygens (including phenoxy) is 3. The summed E-state index contributed by atoms with van der Waals surface area (Å²) in [6.07, 6.45) is 2.53. The number of nitrogens with zero attached hydrogens (tertiary/aromatic N) is 1. The lowest BCUT2D eigenvalue weighted by Crippen LogP contribution is -2.04. The molecule has 0 bridgehead atoms. The van der Waals surface area contributed by atoms with Crippen LogP contribution in [0.15, 0.2) is 47.1 Å². The number of hydrogen-bond acceptors (Lipinski definition) is 4. The monoisotopic (exact) mass is 351 g/mol. The van der Waals surface area contributed by atoms with Gasteiger partial charge in [-0.05, 0) is 28.1 Å². The summed E-state index contributed by atoms with van der Waals surface area (Å²) >= 11 is 3.33. The molecule has 21 heavy (non-hydrogen) atoms. The predicted molar refractivity (Wildman–Crippen MR) is 84.7 cm³/mol. The number of benzene rings is 1. The number of hydrogen-bond donors (Lipinski definition) is 0. The van der Waals surface area contributed by atoms with Gasteiger partial charge < -0.3 is 14.2 Å². The van der Waals surface area contributed by atoms with Crippen LogP contribution in [-0.4, -0.2) is 25.3 Å². The van der Waals surface area contributed by atoms with Crippen LogP contribution in [0.1, 0.15) is 12.0 Å². The number of rotatable bonds is 8. The van der Waals surface area contributed by atoms with Crippen LogP contribution in [0, 0.1) is 0 Å². The van der Waals surface area contributed by atoms with E-state index in [1.807, 2.05) is 36.4 Å². The minimum Gasteiger partial charge on any atom is -0.496 e. The van der Waals surface area contributed by atoms with E-state index in [9.17, 15) is 0 Å². The summed E-state index contributed by atoms with van der Waals surface area (Å²) in [7, 11) is 1.66. The highest BCUT2D eigenvalue weighted by Gasteiger charge is 2.01. The Morgan fingerprint density at radius 2 is 1.95 bits per heavy atom. The van der Waals surface area contributed by atoms with Crippen molar-refractivity contribution in [2.24, 2.45) is 0 Å². The Balaban J connectivity index is 1.63. The van der Waals surface area contributed by atoms with Crippen molar-refractivity contribution in [2.45, 2.75) is 13.0 Å². The van der Waals surface area contributed by atoms with Crippen molar-refractivity contribution >= 4 is 15.9 Å². The molecule has 0 unspecified atom stereocenters. The van der Waals surface area contributed by atoms with Crippen molar-refractivity contribution in [1.82, 2.24) is 4.98 Å². The zero-order valence-electron chi connectivity index (χ0n) is 11.9. The molecule has 1 aromatic heterocycles. The Labute approximate surface area is 133 Å². The first-order chi connectivity index (χ1) is 10.3. The smallest absolute Gasteiger partial charge is 0.213 e. The summed E-state index contributed by atoms with van der Waals surface area (Å²) in [4.78, 5) is 4.14. The third-order valence-electron chi connectivity index (χ3n) is 2.83. The number of methoxy groups -OCH3 is 1. The van der Waals surface area contributed by atoms with Crippen LogP contribution < -0.4 is 9.47 Å². The minimum atomic E-state index is 0.542. The third-order valence-corrected chi connectivity index (χ3v) is 3.30. The Morgan fingerprint density at radius 1 is 1.10 bits per heavy atom. The second-order valence-corrected chi connectivity index (χ2v) is 5.30. The van der Waals surface area contributed by atoms with Crippen LogP contribution >= 0.6 is 15.9 Å². The summed E-state index contributed by atoms with van der Waals surface area (Å²) in [5.74, 6) is 1.48. The molecule has 0 atom stereocenters. The van der Waals surface area contributed by atoms with E-state index in [1.165, 1.54) is 0 Å². The number of pyridine rings is 1. The van der Waals surface area contributed by atoms with Crippen molar-refractivity contribution in [1.29, 1.82) is 0 Å². The summed E-state index contributed by atoms with van der Waals surface area (Å²) < 4.78 is 17.4. The van der Waals surface area contributed by atoms with Crippen molar-refractivity contribution in [3.63, 3.8) is 0 Å². The SMILES string of the molecule is COc1ccccc1COCCCOc1ccc(Br)cn1. The van der Waals surface area contributed by atoms with E-state index in [0.717, 1.165) is 22.2 Å². The highest BCUT2D eigenvalue weighted by Crippen LogP contribution is 2.18. The van der Waals surface area contributed by atoms with Crippen LogP contribution in [0.3, 0.4) is 0 Å². The molecule has 0 spiro atoms. The lowest BCUT2D eigenvalue weighted by molar-refractivity contribution is 0.105. The minimum absolute atomic E-state index is 0.542. The first-order valence-electron chi connectivity index (χ1n) is 6.73. The van der Waals surface area contributed by atoms with Gasteiger partial charge in [0, 0.05) is 28.7 Å². The first-order valence-corrected chi connectivity index (χ1v) is 7.53. The Bertz CT molecular complexity index is 545. The number of aromatic nitrogens is 1. The van der Waals surface area contributed by atoms with Gasteiger partial charge in [-0.15, -0.1) is 0 Å². The van der Waals surface area contributed by atoms with Gasteiger partial charge in [0.05, 0.1) is 26.9 Å². The van der Waals surface area contributed by atoms with Gasteiger partial charge in [-0.2, -0.15) is 0 Å². The van der Waals surface area contributed by atoms with Crippen LogP contribution in [0.5, 0.6) is 11.6 Å². The highest BCUT2D eigenvalue weighted by atomic mass is 79.9. The fourth-order valence-electron chi connectivity index (χ4n) is 1.79. The molecule has 0 aliphatic heterocycles. The standard InChI is InChI=1S/C16H18BrNO3/c1-19-15-6-3-2-5-13(15)12-20-9-4-10-21-16-8-7-14(17)11-18-16/h2-3,5-8,11H,4,9-10,12H2,1H3. The van der Waals surface area contributed by atoms with Crippen molar-refractivity contribution in [3.05, 3.63) is 52.6 Å². The van der Waals surface area contributed by atoms with Gasteiger partial charge in [-0.25, -0.2) is 4.98 Å². The molecule has 0 amide bonds. The lowest BCUT2D eigenvalue weighted by atomic mass is 10.2. The largest absolute Gasteiger partial charge is 0.496 e. The number of para-hydroxylation sites is 1. The second-order valence-electron chi connectivity index (χ2n) is 4.38. The summed E-state index contributed by atoms with van der Waals surface area (Å²) in [6, 6.07) is 11.6. The van der Waals surface area contributed by atoms with Gasteiger partial charge in [-0.3, -0.25) is 0 Å². The first kappa shape index (κ1) is 15.8. The molecular formula is C16H18BrNO3. The van der Waals surface area contributed by atoms with E-state index in [0.29, 0.717) is 25.7 Å². The number of halogens is 1. The lowest BCUT2D eigenvalue weighted by Gasteiger charge is -2.09. The van der Waals surface area contributed by atoms with Crippen molar-refractivity contribution < 1.29 is 14.2 Å². The van der Waals surface area contributed by atoms with E-state index in [4.69, 9.17) is 14.2 Å². The van der Waals surface area contributed by atoms with Gasteiger partial charge in [0.2, 0.25) is 5.88 Å². The Kier molecular flexibility index (Phi) is 6.50. The van der Waals surface area contributed by atoms with Gasteiger partial charge in [-0.1, -0.05) is 18.2 Å². The second kappa shape index (κ2) is 8.64. The van der Waals surface area contributed by atoms with E-state index >= 15 is 0 Å². The maximum atomic E-state index is 5.63. The van der Waals surface area contributed by atoms with E-state index < -0.39 is 0 Å².